The molecule has 0 bridgehead atoms. The third kappa shape index (κ3) is 10.7. The van der Waals surface area contributed by atoms with Gasteiger partial charge in [0.2, 0.25) is 0 Å². The van der Waals surface area contributed by atoms with Gasteiger partial charge in [-0.2, -0.15) is 0 Å². The molecule has 3 saturated carbocycles. The van der Waals surface area contributed by atoms with Crippen molar-refractivity contribution in [2.24, 2.45) is 29.6 Å². The second kappa shape index (κ2) is 17.1. The van der Waals surface area contributed by atoms with Gasteiger partial charge in [-0.3, -0.25) is 0 Å². The van der Waals surface area contributed by atoms with Gasteiger partial charge < -0.3 is 9.47 Å². The number of rotatable bonds is 15. The van der Waals surface area contributed by atoms with Gasteiger partial charge >= 0.3 is 6.16 Å². The molecule has 0 unspecified atom stereocenters. The molecule has 0 aromatic heterocycles. The average Bonchev–Trinajstić information content (AvgIpc) is 2.93. The van der Waals surface area contributed by atoms with Crippen molar-refractivity contribution in [3.05, 3.63) is 0 Å². The van der Waals surface area contributed by atoms with Crippen molar-refractivity contribution < 1.29 is 14.3 Å². The summed E-state index contributed by atoms with van der Waals surface area (Å²) in [7, 11) is 1.46. The molecule has 0 saturated heterocycles. The Morgan fingerprint density at radius 1 is 0.622 bits per heavy atom. The van der Waals surface area contributed by atoms with E-state index in [2.05, 4.69) is 13.8 Å². The first-order chi connectivity index (χ1) is 18.1. The Balaban J connectivity index is 1.39. The number of ether oxygens (including phenoxy) is 2. The van der Waals surface area contributed by atoms with Crippen molar-refractivity contribution in [1.82, 2.24) is 0 Å². The van der Waals surface area contributed by atoms with Crippen LogP contribution in [-0.4, -0.2) is 18.9 Å². The predicted octanol–water partition coefficient (Wildman–Crippen LogP) is 11.0. The predicted molar refractivity (Wildman–Crippen MR) is 156 cm³/mol. The molecule has 37 heavy (non-hydrogen) atoms. The molecule has 0 radical (unpaired) electrons. The van der Waals surface area contributed by atoms with Crippen molar-refractivity contribution >= 4 is 6.16 Å². The molecule has 3 aliphatic carbocycles. The lowest BCUT2D eigenvalue weighted by Gasteiger charge is -2.43. The van der Waals surface area contributed by atoms with E-state index < -0.39 is 6.16 Å². The second-order valence-corrected chi connectivity index (χ2v) is 13.5. The summed E-state index contributed by atoms with van der Waals surface area (Å²) in [4.78, 5) is 12.2. The molecule has 3 rings (SSSR count). The van der Waals surface area contributed by atoms with Crippen LogP contribution in [0.4, 0.5) is 4.79 Å². The van der Waals surface area contributed by atoms with Crippen LogP contribution in [-0.2, 0) is 9.47 Å². The molecule has 3 nitrogen and oxygen atoms in total. The van der Waals surface area contributed by atoms with E-state index in [0.717, 1.165) is 48.9 Å². The molecule has 0 aromatic carbocycles. The van der Waals surface area contributed by atoms with Crippen LogP contribution in [0.25, 0.3) is 0 Å². The largest absolute Gasteiger partial charge is 0.508 e. The Bertz CT molecular complexity index is 592. The fourth-order valence-electron chi connectivity index (χ4n) is 8.20. The lowest BCUT2D eigenvalue weighted by Crippen LogP contribution is -2.41. The number of unbranched alkanes of at least 4 members (excludes halogenated alkanes) is 6. The number of hydrogen-bond acceptors (Lipinski definition) is 3. The summed E-state index contributed by atoms with van der Waals surface area (Å²) in [5.41, 5.74) is -0.267. The van der Waals surface area contributed by atoms with Crippen LogP contribution >= 0.6 is 0 Å². The maximum Gasteiger partial charge on any atom is 0.508 e. The number of methoxy groups -OCH3 is 1. The Kier molecular flexibility index (Phi) is 14.2. The maximum absolute atomic E-state index is 12.2. The van der Waals surface area contributed by atoms with Gasteiger partial charge in [-0.05, 0) is 81.0 Å². The smallest absolute Gasteiger partial charge is 0.438 e. The Labute approximate surface area is 230 Å². The van der Waals surface area contributed by atoms with Gasteiger partial charge in [-0.1, -0.05) is 117 Å². The van der Waals surface area contributed by atoms with Crippen molar-refractivity contribution in [2.75, 3.05) is 7.11 Å². The summed E-state index contributed by atoms with van der Waals surface area (Å²) in [6.45, 7) is 4.61. The van der Waals surface area contributed by atoms with E-state index in [9.17, 15) is 4.79 Å². The van der Waals surface area contributed by atoms with E-state index in [1.807, 2.05) is 0 Å². The second-order valence-electron chi connectivity index (χ2n) is 13.5. The molecular weight excluding hydrogens is 456 g/mol. The Morgan fingerprint density at radius 3 is 1.65 bits per heavy atom. The summed E-state index contributed by atoms with van der Waals surface area (Å²) in [6.07, 6.45) is 32.0. The molecule has 0 N–H and O–H groups in total. The van der Waals surface area contributed by atoms with E-state index in [-0.39, 0.29) is 5.60 Å². The first kappa shape index (κ1) is 30.8. The zero-order chi connectivity index (χ0) is 26.3. The van der Waals surface area contributed by atoms with E-state index in [4.69, 9.17) is 9.47 Å². The minimum atomic E-state index is -0.461. The molecule has 3 fully saturated rings. The van der Waals surface area contributed by atoms with Gasteiger partial charge in [-0.25, -0.2) is 4.79 Å². The Hall–Kier alpha value is -0.730. The third-order valence-electron chi connectivity index (χ3n) is 10.9. The molecule has 0 aliphatic heterocycles. The first-order valence-corrected chi connectivity index (χ1v) is 16.8. The van der Waals surface area contributed by atoms with Crippen LogP contribution in [0.2, 0.25) is 0 Å². The standard InChI is InChI=1S/C34H62O3/c1-4-6-8-9-11-13-29-18-20-31(21-19-29)32-23-26-34(27-24-32,37-33(35)36-3)25-22-30-16-14-28(15-17-30)12-10-7-5-2/h28-32H,4-27H2,1-3H3. The molecule has 0 amide bonds. The van der Waals surface area contributed by atoms with Gasteiger partial charge in [-0.15, -0.1) is 0 Å². The van der Waals surface area contributed by atoms with Gasteiger partial charge in [0.05, 0.1) is 7.11 Å². The molecular formula is C34H62O3. The zero-order valence-corrected chi connectivity index (χ0v) is 25.1. The van der Waals surface area contributed by atoms with Crippen molar-refractivity contribution in [1.29, 1.82) is 0 Å². The highest BCUT2D eigenvalue weighted by atomic mass is 16.7. The van der Waals surface area contributed by atoms with E-state index in [0.29, 0.717) is 0 Å². The normalized spacial score (nSPS) is 32.7. The average molecular weight is 519 g/mol. The highest BCUT2D eigenvalue weighted by Gasteiger charge is 2.42. The lowest BCUT2D eigenvalue weighted by molar-refractivity contribution is -0.0701. The third-order valence-corrected chi connectivity index (χ3v) is 10.9. The van der Waals surface area contributed by atoms with Gasteiger partial charge in [0.15, 0.2) is 0 Å². The summed E-state index contributed by atoms with van der Waals surface area (Å²) in [5, 5.41) is 0. The Morgan fingerprint density at radius 2 is 1.08 bits per heavy atom. The van der Waals surface area contributed by atoms with Gasteiger partial charge in [0.1, 0.15) is 5.60 Å². The monoisotopic (exact) mass is 518 g/mol. The molecule has 0 heterocycles. The molecule has 3 aliphatic rings. The minimum absolute atomic E-state index is 0.267. The van der Waals surface area contributed by atoms with Crippen molar-refractivity contribution in [3.63, 3.8) is 0 Å². The zero-order valence-electron chi connectivity index (χ0n) is 25.1. The number of carbonyl (C=O) groups excluding carboxylic acids is 1. The molecule has 0 atom stereocenters. The number of hydrogen-bond donors (Lipinski definition) is 0. The van der Waals surface area contributed by atoms with Crippen LogP contribution < -0.4 is 0 Å². The quantitative estimate of drug-likeness (QED) is 0.160. The summed E-state index contributed by atoms with van der Waals surface area (Å²) < 4.78 is 11.0. The summed E-state index contributed by atoms with van der Waals surface area (Å²) in [5.74, 6) is 4.55. The summed E-state index contributed by atoms with van der Waals surface area (Å²) >= 11 is 0. The molecule has 216 valence electrons. The molecule has 0 aromatic rings. The van der Waals surface area contributed by atoms with Crippen LogP contribution in [0.5, 0.6) is 0 Å². The van der Waals surface area contributed by atoms with Crippen molar-refractivity contribution in [3.8, 4) is 0 Å². The topological polar surface area (TPSA) is 35.5 Å². The fraction of sp³-hybridized carbons (Fsp3) is 0.971. The highest BCUT2D eigenvalue weighted by molar-refractivity contribution is 5.60. The van der Waals surface area contributed by atoms with Crippen LogP contribution in [0.1, 0.15) is 168 Å². The first-order valence-electron chi connectivity index (χ1n) is 16.8. The van der Waals surface area contributed by atoms with Gasteiger partial charge in [0.25, 0.3) is 0 Å². The van der Waals surface area contributed by atoms with Crippen LogP contribution in [0, 0.1) is 29.6 Å². The SMILES string of the molecule is CCCCCCCC1CCC(C2CCC(CCC3CCC(CCCCC)CC3)(OC(=O)OC)CC2)CC1. The van der Waals surface area contributed by atoms with Crippen LogP contribution in [0.3, 0.4) is 0 Å². The maximum atomic E-state index is 12.2. The molecule has 3 heteroatoms. The van der Waals surface area contributed by atoms with E-state index >= 15 is 0 Å². The lowest BCUT2D eigenvalue weighted by atomic mass is 9.66. The molecule has 0 spiro atoms. The van der Waals surface area contributed by atoms with Gasteiger partial charge in [0, 0.05) is 0 Å². The number of carbonyl (C=O) groups is 1. The minimum Gasteiger partial charge on any atom is -0.438 e. The fourth-order valence-corrected chi connectivity index (χ4v) is 8.20. The summed E-state index contributed by atoms with van der Waals surface area (Å²) in [6, 6.07) is 0. The van der Waals surface area contributed by atoms with Crippen LogP contribution in [0.15, 0.2) is 0 Å². The van der Waals surface area contributed by atoms with E-state index in [1.165, 1.54) is 142 Å². The van der Waals surface area contributed by atoms with Crippen molar-refractivity contribution in [2.45, 2.75) is 174 Å². The highest BCUT2D eigenvalue weighted by Crippen LogP contribution is 2.47. The van der Waals surface area contributed by atoms with E-state index in [1.54, 1.807) is 0 Å².